The van der Waals surface area contributed by atoms with E-state index < -0.39 is 0 Å². The number of carbonyl (C=O) groups excluding carboxylic acids is 1. The van der Waals surface area contributed by atoms with E-state index in [0.717, 1.165) is 23.5 Å². The first-order valence-electron chi connectivity index (χ1n) is 9.62. The zero-order chi connectivity index (χ0) is 19.3. The zero-order valence-corrected chi connectivity index (χ0v) is 17.0. The highest BCUT2D eigenvalue weighted by Crippen LogP contribution is 2.59. The number of rotatable bonds is 9. The molecular formula is C22H33NO3. The number of hydrogen-bond acceptors (Lipinski definition) is 3. The Morgan fingerprint density at radius 3 is 2.42 bits per heavy atom. The molecule has 26 heavy (non-hydrogen) atoms. The fraction of sp³-hybridized carbons (Fsp3) is 0.591. The highest BCUT2D eigenvalue weighted by Gasteiger charge is 2.60. The molecule has 2 atom stereocenters. The van der Waals surface area contributed by atoms with Crippen molar-refractivity contribution in [1.29, 1.82) is 0 Å². The summed E-state index contributed by atoms with van der Waals surface area (Å²) in [6.45, 7) is 14.3. The maximum absolute atomic E-state index is 12.5. The van der Waals surface area contributed by atoms with Crippen LogP contribution >= 0.6 is 0 Å². The second kappa shape index (κ2) is 8.61. The van der Waals surface area contributed by atoms with Crippen molar-refractivity contribution in [2.75, 3.05) is 19.8 Å². The van der Waals surface area contributed by atoms with Crippen LogP contribution in [0.1, 0.15) is 47.1 Å². The molecule has 1 aromatic rings. The predicted octanol–water partition coefficient (Wildman–Crippen LogP) is 4.38. The van der Waals surface area contributed by atoms with E-state index in [4.69, 9.17) is 9.47 Å². The normalized spacial score (nSPS) is 20.2. The van der Waals surface area contributed by atoms with Crippen molar-refractivity contribution in [3.05, 3.63) is 35.4 Å². The lowest BCUT2D eigenvalue weighted by Gasteiger charge is -2.13. The van der Waals surface area contributed by atoms with Gasteiger partial charge in [-0.2, -0.15) is 0 Å². The minimum Gasteiger partial charge on any atom is -0.490 e. The summed E-state index contributed by atoms with van der Waals surface area (Å²) in [5.74, 6) is 2.13. The first kappa shape index (κ1) is 20.3. The van der Waals surface area contributed by atoms with Gasteiger partial charge >= 0.3 is 0 Å². The number of nitrogens with one attached hydrogen (secondary N) is 1. The molecule has 0 aliphatic heterocycles. The predicted molar refractivity (Wildman–Crippen MR) is 106 cm³/mol. The Morgan fingerprint density at radius 2 is 1.81 bits per heavy atom. The minimum absolute atomic E-state index is 0.0582. The summed E-state index contributed by atoms with van der Waals surface area (Å²) in [4.78, 5) is 12.5. The van der Waals surface area contributed by atoms with Crippen LogP contribution in [0.3, 0.4) is 0 Å². The summed E-state index contributed by atoms with van der Waals surface area (Å²) >= 11 is 0. The largest absolute Gasteiger partial charge is 0.490 e. The molecule has 0 radical (unpaired) electrons. The Bertz CT molecular complexity index is 659. The van der Waals surface area contributed by atoms with Gasteiger partial charge in [0.05, 0.1) is 19.1 Å². The molecule has 2 rings (SSSR count). The van der Waals surface area contributed by atoms with E-state index in [9.17, 15) is 4.79 Å². The minimum atomic E-state index is 0.0582. The van der Waals surface area contributed by atoms with Gasteiger partial charge in [-0.05, 0) is 63.1 Å². The Morgan fingerprint density at radius 1 is 1.15 bits per heavy atom. The molecule has 1 aliphatic carbocycles. The van der Waals surface area contributed by atoms with E-state index in [0.29, 0.717) is 25.7 Å². The Balaban J connectivity index is 1.90. The number of allylic oxidation sites excluding steroid dienone is 2. The number of hydrogen-bond donors (Lipinski definition) is 1. The van der Waals surface area contributed by atoms with Gasteiger partial charge in [0.25, 0.3) is 0 Å². The van der Waals surface area contributed by atoms with Gasteiger partial charge in [-0.25, -0.2) is 0 Å². The highest BCUT2D eigenvalue weighted by molar-refractivity contribution is 5.83. The van der Waals surface area contributed by atoms with Crippen molar-refractivity contribution in [1.82, 2.24) is 5.32 Å². The van der Waals surface area contributed by atoms with E-state index in [-0.39, 0.29) is 17.2 Å². The van der Waals surface area contributed by atoms with E-state index in [2.05, 4.69) is 39.1 Å². The molecule has 4 nitrogen and oxygen atoms in total. The van der Waals surface area contributed by atoms with E-state index in [1.54, 1.807) is 0 Å². The summed E-state index contributed by atoms with van der Waals surface area (Å²) in [5.41, 5.74) is 2.46. The Hall–Kier alpha value is -1.97. The van der Waals surface area contributed by atoms with E-state index in [1.165, 1.54) is 5.57 Å². The van der Waals surface area contributed by atoms with Crippen LogP contribution in [-0.2, 0) is 11.2 Å². The molecule has 1 amide bonds. The average molecular weight is 360 g/mol. The smallest absolute Gasteiger partial charge is 0.224 e. The molecule has 0 saturated heterocycles. The molecule has 1 N–H and O–H groups in total. The molecule has 0 aromatic heterocycles. The Labute approximate surface area is 158 Å². The maximum atomic E-state index is 12.5. The first-order valence-corrected chi connectivity index (χ1v) is 9.62. The van der Waals surface area contributed by atoms with Crippen molar-refractivity contribution in [2.24, 2.45) is 17.3 Å². The Kier molecular flexibility index (Phi) is 6.74. The van der Waals surface area contributed by atoms with Crippen LogP contribution in [0.2, 0.25) is 0 Å². The first-order chi connectivity index (χ1) is 12.3. The summed E-state index contributed by atoms with van der Waals surface area (Å²) in [5, 5.41) is 3.10. The molecule has 144 valence electrons. The van der Waals surface area contributed by atoms with Crippen molar-refractivity contribution >= 4 is 5.91 Å². The molecule has 1 saturated carbocycles. The van der Waals surface area contributed by atoms with Gasteiger partial charge in [-0.3, -0.25) is 4.79 Å². The molecule has 1 aliphatic rings. The van der Waals surface area contributed by atoms with Gasteiger partial charge in [0.2, 0.25) is 5.91 Å². The molecule has 0 heterocycles. The molecule has 4 heteroatoms. The van der Waals surface area contributed by atoms with Gasteiger partial charge in [-0.1, -0.05) is 31.6 Å². The highest BCUT2D eigenvalue weighted by atomic mass is 16.5. The lowest BCUT2D eigenvalue weighted by atomic mass is 10.1. The summed E-state index contributed by atoms with van der Waals surface area (Å²) in [6.07, 6.45) is 3.00. The molecular weight excluding hydrogens is 326 g/mol. The summed E-state index contributed by atoms with van der Waals surface area (Å²) < 4.78 is 11.3. The van der Waals surface area contributed by atoms with Gasteiger partial charge in [0.15, 0.2) is 11.5 Å². The van der Waals surface area contributed by atoms with Crippen molar-refractivity contribution in [2.45, 2.75) is 48.0 Å². The van der Waals surface area contributed by atoms with Gasteiger partial charge in [-0.15, -0.1) is 0 Å². The topological polar surface area (TPSA) is 47.6 Å². The zero-order valence-electron chi connectivity index (χ0n) is 17.0. The fourth-order valence-corrected chi connectivity index (χ4v) is 3.54. The number of amides is 1. The van der Waals surface area contributed by atoms with Gasteiger partial charge in [0, 0.05) is 6.54 Å². The second-order valence-corrected chi connectivity index (χ2v) is 7.76. The third-order valence-electron chi connectivity index (χ3n) is 5.03. The molecule has 1 aromatic carbocycles. The van der Waals surface area contributed by atoms with Crippen LogP contribution in [0.25, 0.3) is 0 Å². The lowest BCUT2D eigenvalue weighted by Crippen LogP contribution is -2.28. The third kappa shape index (κ3) is 4.80. The van der Waals surface area contributed by atoms with Crippen molar-refractivity contribution in [3.8, 4) is 11.5 Å². The lowest BCUT2D eigenvalue weighted by molar-refractivity contribution is -0.123. The standard InChI is InChI=1S/C22H33NO3/c1-7-25-18-10-9-16(14-19(18)26-8-2)11-12-23-21(24)20-17(13-15(3)4)22(20,5)6/h9-10,13-14,17,20H,7-8,11-12H2,1-6H3,(H,23,24). The monoisotopic (exact) mass is 359 g/mol. The molecule has 1 fully saturated rings. The summed E-state index contributed by atoms with van der Waals surface area (Å²) in [7, 11) is 0. The maximum Gasteiger partial charge on any atom is 0.224 e. The fourth-order valence-electron chi connectivity index (χ4n) is 3.54. The molecule has 2 unspecified atom stereocenters. The van der Waals surface area contributed by atoms with Crippen LogP contribution in [0, 0.1) is 17.3 Å². The third-order valence-corrected chi connectivity index (χ3v) is 5.03. The second-order valence-electron chi connectivity index (χ2n) is 7.76. The van der Waals surface area contributed by atoms with Gasteiger partial charge in [0.1, 0.15) is 0 Å². The van der Waals surface area contributed by atoms with Crippen molar-refractivity contribution in [3.63, 3.8) is 0 Å². The number of carbonyl (C=O) groups is 1. The molecule has 0 spiro atoms. The van der Waals surface area contributed by atoms with E-state index >= 15 is 0 Å². The van der Waals surface area contributed by atoms with Crippen LogP contribution in [0.5, 0.6) is 11.5 Å². The van der Waals surface area contributed by atoms with Crippen LogP contribution in [0.4, 0.5) is 0 Å². The SMILES string of the molecule is CCOc1ccc(CCNC(=O)C2C(C=C(C)C)C2(C)C)cc1OCC. The van der Waals surface area contributed by atoms with Crippen LogP contribution in [-0.4, -0.2) is 25.7 Å². The molecule has 0 bridgehead atoms. The number of benzene rings is 1. The van der Waals surface area contributed by atoms with Crippen LogP contribution < -0.4 is 14.8 Å². The quantitative estimate of drug-likeness (QED) is 0.666. The average Bonchev–Trinajstić information content (AvgIpc) is 3.09. The van der Waals surface area contributed by atoms with E-state index in [1.807, 2.05) is 32.0 Å². The number of ether oxygens (including phenoxy) is 2. The van der Waals surface area contributed by atoms with Crippen LogP contribution in [0.15, 0.2) is 29.8 Å². The summed E-state index contributed by atoms with van der Waals surface area (Å²) in [6, 6.07) is 5.99. The van der Waals surface area contributed by atoms with Gasteiger partial charge < -0.3 is 14.8 Å². The van der Waals surface area contributed by atoms with Crippen molar-refractivity contribution < 1.29 is 14.3 Å².